The third kappa shape index (κ3) is 3.94. The molecular weight excluding hydrogens is 231 g/mol. The standard InChI is InChI=1S/C14H17O2P/c15-17(16,11-13-7-3-1-4-8-13)12-14-9-5-2-6-10-14/h1-10,15-17H,11-12H2. The molecule has 3 heteroatoms. The van der Waals surface area contributed by atoms with Crippen LogP contribution in [0.1, 0.15) is 11.1 Å². The molecule has 0 amide bonds. The number of hydrogen-bond donors (Lipinski definition) is 2. The molecule has 0 aromatic heterocycles. The summed E-state index contributed by atoms with van der Waals surface area (Å²) in [5.41, 5.74) is 1.97. The molecule has 2 aromatic carbocycles. The Kier molecular flexibility index (Phi) is 3.90. The summed E-state index contributed by atoms with van der Waals surface area (Å²) in [6.45, 7) is 0. The van der Waals surface area contributed by atoms with Crippen LogP contribution in [-0.2, 0) is 12.3 Å². The average Bonchev–Trinajstić information content (AvgIpc) is 2.30. The van der Waals surface area contributed by atoms with Gasteiger partial charge in [0.25, 0.3) is 0 Å². The van der Waals surface area contributed by atoms with E-state index in [1.807, 2.05) is 60.7 Å². The fraction of sp³-hybridized carbons (Fsp3) is 0.143. The minimum absolute atomic E-state index is 0.378. The first-order chi connectivity index (χ1) is 8.16. The molecule has 0 saturated heterocycles. The summed E-state index contributed by atoms with van der Waals surface area (Å²) < 4.78 is 0. The first-order valence-electron chi connectivity index (χ1n) is 5.68. The van der Waals surface area contributed by atoms with E-state index >= 15 is 0 Å². The van der Waals surface area contributed by atoms with Crippen LogP contribution in [0, 0.1) is 0 Å². The van der Waals surface area contributed by atoms with E-state index in [4.69, 9.17) is 0 Å². The van der Waals surface area contributed by atoms with Gasteiger partial charge in [0.2, 0.25) is 0 Å². The molecule has 2 rings (SSSR count). The van der Waals surface area contributed by atoms with Gasteiger partial charge in [-0.2, -0.15) is 0 Å². The van der Waals surface area contributed by atoms with Gasteiger partial charge >= 0.3 is 102 Å². The number of benzene rings is 2. The van der Waals surface area contributed by atoms with Gasteiger partial charge in [-0.3, -0.25) is 0 Å². The van der Waals surface area contributed by atoms with Crippen molar-refractivity contribution >= 4 is 7.72 Å². The van der Waals surface area contributed by atoms with Crippen LogP contribution in [0.4, 0.5) is 0 Å². The second-order valence-corrected chi connectivity index (χ2v) is 6.98. The van der Waals surface area contributed by atoms with E-state index in [9.17, 15) is 9.79 Å². The molecule has 0 bridgehead atoms. The Hall–Kier alpha value is -1.21. The molecule has 0 aliphatic heterocycles. The third-order valence-corrected chi connectivity index (χ3v) is 4.61. The summed E-state index contributed by atoms with van der Waals surface area (Å²) >= 11 is 0. The molecule has 2 nitrogen and oxygen atoms in total. The van der Waals surface area contributed by atoms with Crippen molar-refractivity contribution in [1.82, 2.24) is 0 Å². The normalized spacial score (nSPS) is 12.4. The summed E-state index contributed by atoms with van der Waals surface area (Å²) in [7, 11) is -3.18. The van der Waals surface area contributed by atoms with Crippen molar-refractivity contribution in [3.05, 3.63) is 71.8 Å². The Labute approximate surface area is 102 Å². The van der Waals surface area contributed by atoms with Crippen molar-refractivity contribution in [1.29, 1.82) is 0 Å². The van der Waals surface area contributed by atoms with E-state index in [-0.39, 0.29) is 0 Å². The first-order valence-corrected chi connectivity index (χ1v) is 7.99. The molecule has 0 radical (unpaired) electrons. The molecule has 0 unspecified atom stereocenters. The maximum absolute atomic E-state index is 10.1. The van der Waals surface area contributed by atoms with Gasteiger partial charge in [-0.15, -0.1) is 0 Å². The third-order valence-electron chi connectivity index (χ3n) is 2.66. The molecule has 0 aliphatic carbocycles. The summed E-state index contributed by atoms with van der Waals surface area (Å²) in [4.78, 5) is 20.2. The van der Waals surface area contributed by atoms with E-state index in [0.29, 0.717) is 12.3 Å². The predicted octanol–water partition coefficient (Wildman–Crippen LogP) is 2.95. The van der Waals surface area contributed by atoms with Gasteiger partial charge in [-0.25, -0.2) is 0 Å². The summed E-state index contributed by atoms with van der Waals surface area (Å²) in [6.07, 6.45) is 0.755. The Balaban J connectivity index is 2.04. The second kappa shape index (κ2) is 5.42. The number of hydrogen-bond acceptors (Lipinski definition) is 2. The maximum atomic E-state index is 10.1. The van der Waals surface area contributed by atoms with Crippen molar-refractivity contribution in [2.45, 2.75) is 12.3 Å². The SMILES string of the molecule is O[PH](O)(Cc1ccccc1)Cc1ccccc1. The molecule has 17 heavy (non-hydrogen) atoms. The number of rotatable bonds is 4. The Morgan fingerprint density at radius 2 is 1.00 bits per heavy atom. The van der Waals surface area contributed by atoms with Gasteiger partial charge in [0.05, 0.1) is 0 Å². The second-order valence-electron chi connectivity index (χ2n) is 4.31. The van der Waals surface area contributed by atoms with Crippen molar-refractivity contribution < 1.29 is 9.79 Å². The van der Waals surface area contributed by atoms with Crippen molar-refractivity contribution in [3.8, 4) is 0 Å². The molecule has 0 spiro atoms. The van der Waals surface area contributed by atoms with Crippen LogP contribution in [0.25, 0.3) is 0 Å². The van der Waals surface area contributed by atoms with Crippen molar-refractivity contribution in [2.75, 3.05) is 0 Å². The zero-order valence-corrected chi connectivity index (χ0v) is 10.6. The average molecular weight is 248 g/mol. The minimum atomic E-state index is -3.18. The van der Waals surface area contributed by atoms with Crippen LogP contribution in [0.15, 0.2) is 60.7 Å². The first kappa shape index (κ1) is 12.3. The van der Waals surface area contributed by atoms with Gasteiger partial charge < -0.3 is 0 Å². The van der Waals surface area contributed by atoms with Crippen molar-refractivity contribution in [2.24, 2.45) is 0 Å². The molecule has 2 aromatic rings. The molecular formula is C14H17O2P. The summed E-state index contributed by atoms with van der Waals surface area (Å²) in [6, 6.07) is 19.3. The van der Waals surface area contributed by atoms with Crippen LogP contribution in [0.2, 0.25) is 0 Å². The van der Waals surface area contributed by atoms with Gasteiger partial charge in [0, 0.05) is 0 Å². The summed E-state index contributed by atoms with van der Waals surface area (Å²) in [5.74, 6) is 0. The quantitative estimate of drug-likeness (QED) is 0.817. The molecule has 0 atom stereocenters. The van der Waals surface area contributed by atoms with Crippen LogP contribution in [0.3, 0.4) is 0 Å². The van der Waals surface area contributed by atoms with E-state index in [2.05, 4.69) is 0 Å². The monoisotopic (exact) mass is 248 g/mol. The van der Waals surface area contributed by atoms with Crippen molar-refractivity contribution in [3.63, 3.8) is 0 Å². The Morgan fingerprint density at radius 3 is 1.35 bits per heavy atom. The Morgan fingerprint density at radius 1 is 0.647 bits per heavy atom. The molecule has 0 heterocycles. The van der Waals surface area contributed by atoms with E-state index in [0.717, 1.165) is 11.1 Å². The fourth-order valence-electron chi connectivity index (χ4n) is 1.91. The van der Waals surface area contributed by atoms with Gasteiger partial charge in [-0.05, 0) is 0 Å². The van der Waals surface area contributed by atoms with Gasteiger partial charge in [0.15, 0.2) is 0 Å². The van der Waals surface area contributed by atoms with E-state index in [1.165, 1.54) is 0 Å². The van der Waals surface area contributed by atoms with Crippen LogP contribution >= 0.6 is 7.72 Å². The molecule has 0 aliphatic rings. The van der Waals surface area contributed by atoms with Crippen LogP contribution < -0.4 is 0 Å². The predicted molar refractivity (Wildman–Crippen MR) is 73.0 cm³/mol. The van der Waals surface area contributed by atoms with Crippen LogP contribution in [-0.4, -0.2) is 9.79 Å². The summed E-state index contributed by atoms with van der Waals surface area (Å²) in [5, 5.41) is 0. The molecule has 90 valence electrons. The van der Waals surface area contributed by atoms with E-state index < -0.39 is 7.72 Å². The van der Waals surface area contributed by atoms with E-state index in [1.54, 1.807) is 0 Å². The van der Waals surface area contributed by atoms with Gasteiger partial charge in [0.1, 0.15) is 0 Å². The molecule has 0 saturated carbocycles. The Bertz CT molecular complexity index is 411. The molecule has 2 N–H and O–H groups in total. The van der Waals surface area contributed by atoms with Gasteiger partial charge in [-0.1, -0.05) is 0 Å². The zero-order valence-electron chi connectivity index (χ0n) is 9.58. The topological polar surface area (TPSA) is 40.5 Å². The van der Waals surface area contributed by atoms with Crippen LogP contribution in [0.5, 0.6) is 0 Å². The zero-order chi connectivity index (χ0) is 12.1. The molecule has 0 fully saturated rings. The fourth-order valence-corrected chi connectivity index (χ4v) is 3.81.